The van der Waals surface area contributed by atoms with Gasteiger partial charge in [0.1, 0.15) is 5.82 Å². The lowest BCUT2D eigenvalue weighted by Crippen LogP contribution is -2.11. The van der Waals surface area contributed by atoms with E-state index in [4.69, 9.17) is 0 Å². The van der Waals surface area contributed by atoms with Gasteiger partial charge in [-0.1, -0.05) is 55.2 Å². The molecule has 0 amide bonds. The van der Waals surface area contributed by atoms with Crippen LogP contribution in [0.1, 0.15) is 44.6 Å². The molecular formula is C24H25F. The summed E-state index contributed by atoms with van der Waals surface area (Å²) in [5, 5.41) is 0. The number of rotatable bonds is 3. The maximum Gasteiger partial charge on any atom is 0.123 e. The Kier molecular flexibility index (Phi) is 6.07. The van der Waals surface area contributed by atoms with Crippen molar-refractivity contribution in [1.82, 2.24) is 0 Å². The molecular weight excluding hydrogens is 307 g/mol. The molecule has 0 heterocycles. The van der Waals surface area contributed by atoms with Gasteiger partial charge in [-0.2, -0.15) is 0 Å². The van der Waals surface area contributed by atoms with Crippen LogP contribution in [0.3, 0.4) is 0 Å². The smallest absolute Gasteiger partial charge is 0.123 e. The van der Waals surface area contributed by atoms with Crippen molar-refractivity contribution in [2.24, 2.45) is 11.8 Å². The van der Waals surface area contributed by atoms with Gasteiger partial charge in [-0.3, -0.25) is 0 Å². The molecule has 1 aliphatic carbocycles. The fourth-order valence-electron chi connectivity index (χ4n) is 3.36. The molecule has 0 spiro atoms. The highest BCUT2D eigenvalue weighted by atomic mass is 19.1. The molecule has 0 unspecified atom stereocenters. The second-order valence-electron chi connectivity index (χ2n) is 6.80. The molecule has 3 rings (SSSR count). The number of benzene rings is 2. The Hall–Kier alpha value is -2.33. The Morgan fingerprint density at radius 2 is 1.52 bits per heavy atom. The molecule has 1 heteroatoms. The van der Waals surface area contributed by atoms with Crippen LogP contribution in [0.5, 0.6) is 0 Å². The van der Waals surface area contributed by atoms with Gasteiger partial charge in [0.05, 0.1) is 0 Å². The molecule has 0 N–H and O–H groups in total. The standard InChI is InChI=1S/C24H25F/c1-2-3-4-19-5-7-20(8-6-19)9-10-21-11-13-22(14-12-21)23-15-17-24(25)18-16-23/h3-4,11-20H,2,5-8H2,1H3. The average Bonchev–Trinajstić information content (AvgIpc) is 2.67. The van der Waals surface area contributed by atoms with Crippen LogP contribution in [-0.4, -0.2) is 0 Å². The van der Waals surface area contributed by atoms with Gasteiger partial charge in [0.2, 0.25) is 0 Å². The predicted molar refractivity (Wildman–Crippen MR) is 104 cm³/mol. The lowest BCUT2D eigenvalue weighted by molar-refractivity contribution is 0.364. The van der Waals surface area contributed by atoms with Crippen LogP contribution in [0.2, 0.25) is 0 Å². The normalized spacial score (nSPS) is 20.2. The van der Waals surface area contributed by atoms with Gasteiger partial charge in [-0.25, -0.2) is 4.39 Å². The molecule has 0 atom stereocenters. The van der Waals surface area contributed by atoms with Crippen molar-refractivity contribution in [3.63, 3.8) is 0 Å². The third-order valence-electron chi connectivity index (χ3n) is 4.90. The van der Waals surface area contributed by atoms with Crippen molar-refractivity contribution in [1.29, 1.82) is 0 Å². The van der Waals surface area contributed by atoms with Gasteiger partial charge >= 0.3 is 0 Å². The van der Waals surface area contributed by atoms with Crippen LogP contribution in [0.25, 0.3) is 11.1 Å². The third-order valence-corrected chi connectivity index (χ3v) is 4.90. The zero-order valence-corrected chi connectivity index (χ0v) is 14.8. The second-order valence-corrected chi connectivity index (χ2v) is 6.80. The summed E-state index contributed by atoms with van der Waals surface area (Å²) in [5.41, 5.74) is 3.17. The summed E-state index contributed by atoms with van der Waals surface area (Å²) in [6.45, 7) is 2.19. The largest absolute Gasteiger partial charge is 0.207 e. The highest BCUT2D eigenvalue weighted by Gasteiger charge is 2.17. The van der Waals surface area contributed by atoms with Crippen LogP contribution >= 0.6 is 0 Å². The number of hydrogen-bond donors (Lipinski definition) is 0. The SMILES string of the molecule is CCC=CC1CCC(C#Cc2ccc(-c3ccc(F)cc3)cc2)CC1. The van der Waals surface area contributed by atoms with Crippen molar-refractivity contribution in [3.05, 3.63) is 72.1 Å². The van der Waals surface area contributed by atoms with E-state index in [2.05, 4.69) is 55.2 Å². The third kappa shape index (κ3) is 5.07. The van der Waals surface area contributed by atoms with E-state index >= 15 is 0 Å². The van der Waals surface area contributed by atoms with E-state index in [1.165, 1.54) is 37.8 Å². The van der Waals surface area contributed by atoms with Gasteiger partial charge in [0.25, 0.3) is 0 Å². The molecule has 1 saturated carbocycles. The quantitative estimate of drug-likeness (QED) is 0.438. The van der Waals surface area contributed by atoms with Crippen molar-refractivity contribution in [2.45, 2.75) is 39.0 Å². The Morgan fingerprint density at radius 1 is 0.920 bits per heavy atom. The predicted octanol–water partition coefficient (Wildman–Crippen LogP) is 6.62. The maximum atomic E-state index is 13.0. The molecule has 128 valence electrons. The molecule has 25 heavy (non-hydrogen) atoms. The van der Waals surface area contributed by atoms with E-state index in [0.29, 0.717) is 5.92 Å². The van der Waals surface area contributed by atoms with Crippen molar-refractivity contribution in [2.75, 3.05) is 0 Å². The molecule has 1 aliphatic rings. The van der Waals surface area contributed by atoms with Gasteiger partial charge in [-0.05, 0) is 73.4 Å². The zero-order valence-electron chi connectivity index (χ0n) is 14.8. The van der Waals surface area contributed by atoms with E-state index in [1.807, 2.05) is 0 Å². The maximum absolute atomic E-state index is 13.0. The van der Waals surface area contributed by atoms with E-state index in [-0.39, 0.29) is 5.82 Å². The zero-order chi connectivity index (χ0) is 17.5. The molecule has 0 bridgehead atoms. The first kappa shape index (κ1) is 17.5. The van der Waals surface area contributed by atoms with Crippen LogP contribution < -0.4 is 0 Å². The van der Waals surface area contributed by atoms with Crippen molar-refractivity contribution >= 4 is 0 Å². The van der Waals surface area contributed by atoms with E-state index in [1.54, 1.807) is 12.1 Å². The molecule has 2 aromatic carbocycles. The van der Waals surface area contributed by atoms with Gasteiger partial charge in [0, 0.05) is 11.5 Å². The summed E-state index contributed by atoms with van der Waals surface area (Å²) >= 11 is 0. The first-order valence-electron chi connectivity index (χ1n) is 9.29. The molecule has 2 aromatic rings. The molecule has 0 radical (unpaired) electrons. The summed E-state index contributed by atoms with van der Waals surface area (Å²) < 4.78 is 13.0. The highest BCUT2D eigenvalue weighted by molar-refractivity contribution is 5.64. The number of halogens is 1. The number of allylic oxidation sites excluding steroid dienone is 2. The minimum atomic E-state index is -0.203. The van der Waals surface area contributed by atoms with Crippen molar-refractivity contribution < 1.29 is 4.39 Å². The van der Waals surface area contributed by atoms with E-state index < -0.39 is 0 Å². The molecule has 0 saturated heterocycles. The Morgan fingerprint density at radius 3 is 2.12 bits per heavy atom. The summed E-state index contributed by atoms with van der Waals surface area (Å²) in [6.07, 6.45) is 10.8. The molecule has 0 aromatic heterocycles. The summed E-state index contributed by atoms with van der Waals surface area (Å²) in [6, 6.07) is 14.8. The highest BCUT2D eigenvalue weighted by Crippen LogP contribution is 2.29. The van der Waals surface area contributed by atoms with Crippen LogP contribution in [0.4, 0.5) is 4.39 Å². The molecule has 1 fully saturated rings. The topological polar surface area (TPSA) is 0 Å². The Balaban J connectivity index is 1.58. The van der Waals surface area contributed by atoms with E-state index in [0.717, 1.165) is 29.0 Å². The summed E-state index contributed by atoms with van der Waals surface area (Å²) in [7, 11) is 0. The second kappa shape index (κ2) is 8.67. The van der Waals surface area contributed by atoms with Crippen LogP contribution in [-0.2, 0) is 0 Å². The van der Waals surface area contributed by atoms with E-state index in [9.17, 15) is 4.39 Å². The van der Waals surface area contributed by atoms with Crippen molar-refractivity contribution in [3.8, 4) is 23.0 Å². The molecule has 0 nitrogen and oxygen atoms in total. The minimum Gasteiger partial charge on any atom is -0.207 e. The summed E-state index contributed by atoms with van der Waals surface area (Å²) in [5.74, 6) is 7.88. The lowest BCUT2D eigenvalue weighted by atomic mass is 9.82. The monoisotopic (exact) mass is 332 g/mol. The first-order chi connectivity index (χ1) is 12.2. The first-order valence-corrected chi connectivity index (χ1v) is 9.29. The lowest BCUT2D eigenvalue weighted by Gasteiger charge is -2.23. The molecule has 0 aliphatic heterocycles. The van der Waals surface area contributed by atoms with Gasteiger partial charge in [-0.15, -0.1) is 0 Å². The van der Waals surface area contributed by atoms with Crippen LogP contribution in [0, 0.1) is 29.5 Å². The Bertz CT molecular complexity index is 748. The fraction of sp³-hybridized carbons (Fsp3) is 0.333. The average molecular weight is 332 g/mol. The Labute approximate surface area is 150 Å². The fourth-order valence-corrected chi connectivity index (χ4v) is 3.36. The summed E-state index contributed by atoms with van der Waals surface area (Å²) in [4.78, 5) is 0. The number of hydrogen-bond acceptors (Lipinski definition) is 0. The minimum absolute atomic E-state index is 0.203. The van der Waals surface area contributed by atoms with Gasteiger partial charge in [0.15, 0.2) is 0 Å². The van der Waals surface area contributed by atoms with Gasteiger partial charge < -0.3 is 0 Å². The van der Waals surface area contributed by atoms with Crippen LogP contribution in [0.15, 0.2) is 60.7 Å².